The third kappa shape index (κ3) is 3.15. The Bertz CT molecular complexity index is 2060. The summed E-state index contributed by atoms with van der Waals surface area (Å²) < 4.78 is 8.83. The van der Waals surface area contributed by atoms with Gasteiger partial charge in [-0.25, -0.2) is 0 Å². The quantitative estimate of drug-likeness (QED) is 0.230. The second-order valence-electron chi connectivity index (χ2n) is 11.0. The molecule has 2 heteroatoms. The Kier molecular flexibility index (Phi) is 4.60. The van der Waals surface area contributed by atoms with Crippen LogP contribution in [-0.2, 0) is 5.41 Å². The van der Waals surface area contributed by atoms with Crippen molar-refractivity contribution in [3.8, 4) is 28.3 Å². The Hall–Kier alpha value is -4.82. The number of ether oxygens (including phenoxy) is 1. The molecule has 7 aromatic rings. The number of aromatic nitrogens is 1. The Morgan fingerprint density at radius 1 is 0.538 bits per heavy atom. The standard InChI is InChI=1S/C37H27NO/c1-37(2)31-17-8-9-18-33(31)39-34-22-20-25(23-32(34)37)28-15-10-16-29-30-21-19-24-11-6-7-14-27(24)35(30)38(36(28)29)26-12-4-3-5-13-26/h3-23H,1-2H3. The number of rotatable bonds is 2. The van der Waals surface area contributed by atoms with E-state index in [4.69, 9.17) is 4.74 Å². The van der Waals surface area contributed by atoms with Gasteiger partial charge in [0, 0.05) is 44.0 Å². The molecule has 1 aromatic heterocycles. The summed E-state index contributed by atoms with van der Waals surface area (Å²) in [5.41, 5.74) is 8.31. The topological polar surface area (TPSA) is 14.2 Å². The summed E-state index contributed by atoms with van der Waals surface area (Å²) in [6.07, 6.45) is 0. The first-order chi connectivity index (χ1) is 19.1. The van der Waals surface area contributed by atoms with Crippen molar-refractivity contribution < 1.29 is 4.74 Å². The molecule has 2 nitrogen and oxygen atoms in total. The monoisotopic (exact) mass is 501 g/mol. The van der Waals surface area contributed by atoms with E-state index < -0.39 is 0 Å². The molecule has 0 unspecified atom stereocenters. The molecule has 0 bridgehead atoms. The van der Waals surface area contributed by atoms with Gasteiger partial charge in [-0.05, 0) is 41.3 Å². The van der Waals surface area contributed by atoms with Gasteiger partial charge in [0.25, 0.3) is 0 Å². The van der Waals surface area contributed by atoms with Gasteiger partial charge in [0.1, 0.15) is 11.5 Å². The highest BCUT2D eigenvalue weighted by atomic mass is 16.5. The van der Waals surface area contributed by atoms with Crippen LogP contribution in [-0.4, -0.2) is 4.57 Å². The molecule has 6 aromatic carbocycles. The largest absolute Gasteiger partial charge is 0.457 e. The van der Waals surface area contributed by atoms with Crippen LogP contribution < -0.4 is 4.74 Å². The fraction of sp³-hybridized carbons (Fsp3) is 0.0811. The number of fused-ring (bicyclic) bond motifs is 7. The van der Waals surface area contributed by atoms with Crippen molar-refractivity contribution in [3.05, 3.63) is 139 Å². The molecular weight excluding hydrogens is 474 g/mol. The van der Waals surface area contributed by atoms with E-state index in [9.17, 15) is 0 Å². The van der Waals surface area contributed by atoms with E-state index in [1.54, 1.807) is 0 Å². The first-order valence-electron chi connectivity index (χ1n) is 13.5. The number of nitrogens with zero attached hydrogens (tertiary/aromatic N) is 1. The highest BCUT2D eigenvalue weighted by molar-refractivity contribution is 6.21. The van der Waals surface area contributed by atoms with Gasteiger partial charge in [-0.2, -0.15) is 0 Å². The van der Waals surface area contributed by atoms with E-state index in [-0.39, 0.29) is 5.41 Å². The molecule has 0 atom stereocenters. The molecule has 0 amide bonds. The summed E-state index contributed by atoms with van der Waals surface area (Å²) in [5, 5.41) is 5.04. The summed E-state index contributed by atoms with van der Waals surface area (Å²) >= 11 is 0. The summed E-state index contributed by atoms with van der Waals surface area (Å²) in [7, 11) is 0. The molecule has 39 heavy (non-hydrogen) atoms. The molecular formula is C37H27NO. The Balaban J connectivity index is 1.46. The van der Waals surface area contributed by atoms with Crippen molar-refractivity contribution in [1.29, 1.82) is 0 Å². The zero-order valence-corrected chi connectivity index (χ0v) is 22.0. The van der Waals surface area contributed by atoms with Gasteiger partial charge in [0.15, 0.2) is 0 Å². The smallest absolute Gasteiger partial charge is 0.131 e. The molecule has 0 fully saturated rings. The van der Waals surface area contributed by atoms with Crippen LogP contribution in [0, 0.1) is 0 Å². The van der Waals surface area contributed by atoms with Crippen LogP contribution in [0.4, 0.5) is 0 Å². The third-order valence-corrected chi connectivity index (χ3v) is 8.43. The van der Waals surface area contributed by atoms with Crippen LogP contribution in [0.2, 0.25) is 0 Å². The van der Waals surface area contributed by atoms with Crippen LogP contribution in [0.3, 0.4) is 0 Å². The normalized spacial score (nSPS) is 13.8. The van der Waals surface area contributed by atoms with Crippen LogP contribution in [0.1, 0.15) is 25.0 Å². The van der Waals surface area contributed by atoms with Gasteiger partial charge >= 0.3 is 0 Å². The van der Waals surface area contributed by atoms with Gasteiger partial charge in [-0.3, -0.25) is 0 Å². The van der Waals surface area contributed by atoms with Crippen molar-refractivity contribution in [2.75, 3.05) is 0 Å². The molecule has 0 aliphatic carbocycles. The lowest BCUT2D eigenvalue weighted by atomic mass is 9.75. The molecule has 0 N–H and O–H groups in total. The van der Waals surface area contributed by atoms with Crippen LogP contribution in [0.5, 0.6) is 11.5 Å². The summed E-state index contributed by atoms with van der Waals surface area (Å²) in [5.74, 6) is 1.88. The zero-order chi connectivity index (χ0) is 26.1. The average molecular weight is 502 g/mol. The minimum Gasteiger partial charge on any atom is -0.457 e. The lowest BCUT2D eigenvalue weighted by Gasteiger charge is -2.34. The maximum absolute atomic E-state index is 6.38. The van der Waals surface area contributed by atoms with Crippen molar-refractivity contribution >= 4 is 32.6 Å². The maximum atomic E-state index is 6.38. The lowest BCUT2D eigenvalue weighted by molar-refractivity contribution is 0.418. The van der Waals surface area contributed by atoms with Gasteiger partial charge in [0.2, 0.25) is 0 Å². The van der Waals surface area contributed by atoms with Crippen LogP contribution in [0.25, 0.3) is 49.4 Å². The summed E-state index contributed by atoms with van der Waals surface area (Å²) in [4.78, 5) is 0. The lowest BCUT2D eigenvalue weighted by Crippen LogP contribution is -2.24. The Morgan fingerprint density at radius 2 is 1.26 bits per heavy atom. The molecule has 1 aliphatic rings. The number of hydrogen-bond acceptors (Lipinski definition) is 1. The van der Waals surface area contributed by atoms with E-state index in [2.05, 4.69) is 140 Å². The number of hydrogen-bond donors (Lipinski definition) is 0. The van der Waals surface area contributed by atoms with E-state index in [0.29, 0.717) is 0 Å². The SMILES string of the molecule is CC1(C)c2ccccc2Oc2ccc(-c3cccc4c5ccc6ccccc6c5n(-c5ccccc5)c34)cc21. The molecule has 0 saturated heterocycles. The van der Waals surface area contributed by atoms with Crippen LogP contribution >= 0.6 is 0 Å². The number of para-hydroxylation sites is 3. The minimum absolute atomic E-state index is 0.170. The van der Waals surface area contributed by atoms with E-state index in [0.717, 1.165) is 17.2 Å². The highest BCUT2D eigenvalue weighted by Gasteiger charge is 2.34. The van der Waals surface area contributed by atoms with E-state index in [1.165, 1.54) is 54.8 Å². The van der Waals surface area contributed by atoms with E-state index >= 15 is 0 Å². The molecule has 0 radical (unpaired) electrons. The van der Waals surface area contributed by atoms with Gasteiger partial charge in [-0.1, -0.05) is 111 Å². The van der Waals surface area contributed by atoms with Crippen molar-refractivity contribution in [2.45, 2.75) is 19.3 Å². The minimum atomic E-state index is -0.170. The van der Waals surface area contributed by atoms with Gasteiger partial charge < -0.3 is 9.30 Å². The molecule has 186 valence electrons. The Labute approximate surface area is 227 Å². The third-order valence-electron chi connectivity index (χ3n) is 8.43. The predicted molar refractivity (Wildman–Crippen MR) is 162 cm³/mol. The summed E-state index contributed by atoms with van der Waals surface area (Å²) in [6, 6.07) is 45.8. The first-order valence-corrected chi connectivity index (χ1v) is 13.5. The maximum Gasteiger partial charge on any atom is 0.131 e. The summed E-state index contributed by atoms with van der Waals surface area (Å²) in [6.45, 7) is 4.59. The predicted octanol–water partition coefficient (Wildman–Crippen LogP) is 10.0. The second-order valence-corrected chi connectivity index (χ2v) is 11.0. The van der Waals surface area contributed by atoms with Crippen LogP contribution in [0.15, 0.2) is 127 Å². The zero-order valence-electron chi connectivity index (χ0n) is 22.0. The van der Waals surface area contributed by atoms with Gasteiger partial charge in [-0.15, -0.1) is 0 Å². The molecule has 1 aliphatic heterocycles. The molecule has 2 heterocycles. The molecule has 8 rings (SSSR count). The molecule has 0 spiro atoms. The fourth-order valence-electron chi connectivity index (χ4n) is 6.51. The molecule has 0 saturated carbocycles. The highest BCUT2D eigenvalue weighted by Crippen LogP contribution is 2.49. The van der Waals surface area contributed by atoms with Crippen molar-refractivity contribution in [3.63, 3.8) is 0 Å². The second kappa shape index (κ2) is 8.09. The van der Waals surface area contributed by atoms with Crippen molar-refractivity contribution in [2.24, 2.45) is 0 Å². The Morgan fingerprint density at radius 3 is 2.15 bits per heavy atom. The fourth-order valence-corrected chi connectivity index (χ4v) is 6.51. The van der Waals surface area contributed by atoms with Crippen molar-refractivity contribution in [1.82, 2.24) is 4.57 Å². The first kappa shape index (κ1) is 22.2. The van der Waals surface area contributed by atoms with E-state index in [1.807, 2.05) is 6.07 Å². The number of benzene rings is 6. The average Bonchev–Trinajstić information content (AvgIpc) is 3.33. The van der Waals surface area contributed by atoms with Gasteiger partial charge in [0.05, 0.1) is 11.0 Å².